The molecule has 0 radical (unpaired) electrons. The number of hydrogen-bond acceptors (Lipinski definition) is 4. The zero-order chi connectivity index (χ0) is 13.7. The lowest BCUT2D eigenvalue weighted by molar-refractivity contribution is -0.143. The van der Waals surface area contributed by atoms with Crippen LogP contribution in [-0.2, 0) is 9.53 Å². The van der Waals surface area contributed by atoms with Gasteiger partial charge in [0, 0.05) is 25.6 Å². The minimum absolute atomic E-state index is 0.0433. The molecule has 1 aliphatic heterocycles. The second-order valence-electron chi connectivity index (χ2n) is 6.22. The molecule has 1 N–H and O–H groups in total. The van der Waals surface area contributed by atoms with Crippen LogP contribution in [0.3, 0.4) is 0 Å². The minimum atomic E-state index is -0.0433. The number of esters is 1. The third-order valence-corrected chi connectivity index (χ3v) is 4.17. The summed E-state index contributed by atoms with van der Waals surface area (Å²) in [7, 11) is 2.18. The van der Waals surface area contributed by atoms with Gasteiger partial charge < -0.3 is 15.0 Å². The van der Waals surface area contributed by atoms with Crippen LogP contribution < -0.4 is 5.32 Å². The van der Waals surface area contributed by atoms with Gasteiger partial charge >= 0.3 is 5.97 Å². The average Bonchev–Trinajstić information content (AvgIpc) is 3.18. The van der Waals surface area contributed by atoms with Crippen LogP contribution in [0.5, 0.6) is 0 Å². The van der Waals surface area contributed by atoms with Crippen molar-refractivity contribution in [3.05, 3.63) is 0 Å². The number of ether oxygens (including phenoxy) is 1. The van der Waals surface area contributed by atoms with Gasteiger partial charge in [-0.1, -0.05) is 0 Å². The average molecular weight is 268 g/mol. The Morgan fingerprint density at radius 3 is 2.79 bits per heavy atom. The molecule has 2 atom stereocenters. The van der Waals surface area contributed by atoms with E-state index >= 15 is 0 Å². The van der Waals surface area contributed by atoms with E-state index in [0.29, 0.717) is 25.0 Å². The Morgan fingerprint density at radius 2 is 2.11 bits per heavy atom. The molecule has 0 aromatic carbocycles. The van der Waals surface area contributed by atoms with E-state index in [0.717, 1.165) is 25.4 Å². The van der Waals surface area contributed by atoms with Crippen LogP contribution >= 0.6 is 0 Å². The van der Waals surface area contributed by atoms with Crippen LogP contribution in [0, 0.1) is 11.8 Å². The lowest BCUT2D eigenvalue weighted by Gasteiger charge is -2.36. The van der Waals surface area contributed by atoms with Gasteiger partial charge in [-0.05, 0) is 58.0 Å². The first-order valence-electron chi connectivity index (χ1n) is 7.75. The van der Waals surface area contributed by atoms with Crippen molar-refractivity contribution < 1.29 is 9.53 Å². The fourth-order valence-corrected chi connectivity index (χ4v) is 3.01. The third kappa shape index (κ3) is 5.49. The van der Waals surface area contributed by atoms with Crippen LogP contribution in [0.25, 0.3) is 0 Å². The van der Waals surface area contributed by atoms with Gasteiger partial charge in [0.1, 0.15) is 0 Å². The molecule has 0 amide bonds. The second kappa shape index (κ2) is 7.25. The van der Waals surface area contributed by atoms with Crippen molar-refractivity contribution in [2.24, 2.45) is 11.8 Å². The molecule has 0 spiro atoms. The van der Waals surface area contributed by atoms with Crippen molar-refractivity contribution in [1.82, 2.24) is 10.2 Å². The summed E-state index contributed by atoms with van der Waals surface area (Å²) in [6.07, 6.45) is 5.55. The Morgan fingerprint density at radius 1 is 1.32 bits per heavy atom. The molecule has 0 aromatic rings. The number of likely N-dealkylation sites (N-methyl/N-ethyl adjacent to an activating group) is 1. The largest absolute Gasteiger partial charge is 0.466 e. The number of hydrogen-bond donors (Lipinski definition) is 1. The number of rotatable bonds is 7. The minimum Gasteiger partial charge on any atom is -0.466 e. The maximum absolute atomic E-state index is 11.4. The normalized spacial score (nSPS) is 28.3. The Hall–Kier alpha value is -0.610. The van der Waals surface area contributed by atoms with Crippen LogP contribution in [-0.4, -0.2) is 50.2 Å². The van der Waals surface area contributed by atoms with Gasteiger partial charge in [-0.2, -0.15) is 0 Å². The van der Waals surface area contributed by atoms with Gasteiger partial charge in [0.2, 0.25) is 0 Å². The standard InChI is InChI=1S/C15H28N2O2/c1-3-19-15(18)7-6-13-8-14(11-17(2)10-13)16-9-12-4-5-12/h12-14,16H,3-11H2,1-2H3. The van der Waals surface area contributed by atoms with E-state index in [4.69, 9.17) is 4.74 Å². The summed E-state index contributed by atoms with van der Waals surface area (Å²) in [6, 6.07) is 0.603. The van der Waals surface area contributed by atoms with Gasteiger partial charge in [0.25, 0.3) is 0 Å². The topological polar surface area (TPSA) is 41.6 Å². The quantitative estimate of drug-likeness (QED) is 0.713. The maximum Gasteiger partial charge on any atom is 0.305 e. The maximum atomic E-state index is 11.4. The van der Waals surface area contributed by atoms with Crippen LogP contribution in [0.4, 0.5) is 0 Å². The Kier molecular flexibility index (Phi) is 5.64. The molecule has 0 bridgehead atoms. The van der Waals surface area contributed by atoms with Crippen molar-refractivity contribution in [3.63, 3.8) is 0 Å². The van der Waals surface area contributed by atoms with Gasteiger partial charge in [-0.25, -0.2) is 0 Å². The molecule has 2 aliphatic rings. The number of piperidine rings is 1. The fourth-order valence-electron chi connectivity index (χ4n) is 3.01. The lowest BCUT2D eigenvalue weighted by Crippen LogP contribution is -2.48. The molecule has 1 saturated heterocycles. The summed E-state index contributed by atoms with van der Waals surface area (Å²) in [6.45, 7) is 5.80. The summed E-state index contributed by atoms with van der Waals surface area (Å²) < 4.78 is 5.01. The highest BCUT2D eigenvalue weighted by atomic mass is 16.5. The number of nitrogens with one attached hydrogen (secondary N) is 1. The number of carbonyl (C=O) groups is 1. The number of carbonyl (C=O) groups excluding carboxylic acids is 1. The van der Waals surface area contributed by atoms with Crippen molar-refractivity contribution in [2.45, 2.75) is 45.1 Å². The molecular weight excluding hydrogens is 240 g/mol. The smallest absolute Gasteiger partial charge is 0.305 e. The molecular formula is C15H28N2O2. The summed E-state index contributed by atoms with van der Waals surface area (Å²) in [4.78, 5) is 13.8. The molecule has 110 valence electrons. The van der Waals surface area contributed by atoms with E-state index in [1.807, 2.05) is 6.92 Å². The van der Waals surface area contributed by atoms with E-state index in [1.165, 1.54) is 25.8 Å². The highest BCUT2D eigenvalue weighted by molar-refractivity contribution is 5.69. The highest BCUT2D eigenvalue weighted by Gasteiger charge is 2.28. The summed E-state index contributed by atoms with van der Waals surface area (Å²) >= 11 is 0. The molecule has 2 unspecified atom stereocenters. The Balaban J connectivity index is 1.68. The Bertz CT molecular complexity index is 292. The zero-order valence-electron chi connectivity index (χ0n) is 12.4. The van der Waals surface area contributed by atoms with E-state index in [-0.39, 0.29) is 5.97 Å². The molecule has 2 fully saturated rings. The van der Waals surface area contributed by atoms with Crippen molar-refractivity contribution in [3.8, 4) is 0 Å². The molecule has 4 heteroatoms. The first-order valence-corrected chi connectivity index (χ1v) is 7.75. The monoisotopic (exact) mass is 268 g/mol. The predicted octanol–water partition coefficient (Wildman–Crippen LogP) is 1.65. The number of likely N-dealkylation sites (tertiary alicyclic amines) is 1. The van der Waals surface area contributed by atoms with Crippen LogP contribution in [0.1, 0.15) is 39.0 Å². The van der Waals surface area contributed by atoms with E-state index < -0.39 is 0 Å². The lowest BCUT2D eigenvalue weighted by atomic mass is 9.90. The predicted molar refractivity (Wildman–Crippen MR) is 76.0 cm³/mol. The van der Waals surface area contributed by atoms with Gasteiger partial charge in [0.05, 0.1) is 6.61 Å². The highest BCUT2D eigenvalue weighted by Crippen LogP contribution is 2.28. The van der Waals surface area contributed by atoms with Crippen molar-refractivity contribution >= 4 is 5.97 Å². The summed E-state index contributed by atoms with van der Waals surface area (Å²) in [5.41, 5.74) is 0. The Labute approximate surface area is 116 Å². The number of nitrogens with zero attached hydrogens (tertiary/aromatic N) is 1. The summed E-state index contributed by atoms with van der Waals surface area (Å²) in [5.74, 6) is 1.52. The fraction of sp³-hybridized carbons (Fsp3) is 0.933. The first-order chi connectivity index (χ1) is 9.17. The molecule has 2 rings (SSSR count). The second-order valence-corrected chi connectivity index (χ2v) is 6.22. The van der Waals surface area contributed by atoms with Crippen LogP contribution in [0.15, 0.2) is 0 Å². The first kappa shape index (κ1) is 14.8. The molecule has 1 aliphatic carbocycles. The van der Waals surface area contributed by atoms with Crippen molar-refractivity contribution in [2.75, 3.05) is 33.3 Å². The summed E-state index contributed by atoms with van der Waals surface area (Å²) in [5, 5.41) is 3.70. The molecule has 0 aromatic heterocycles. The van der Waals surface area contributed by atoms with Crippen molar-refractivity contribution in [1.29, 1.82) is 0 Å². The molecule has 1 saturated carbocycles. The van der Waals surface area contributed by atoms with Gasteiger partial charge in [0.15, 0.2) is 0 Å². The SMILES string of the molecule is CCOC(=O)CCC1CC(NCC2CC2)CN(C)C1. The molecule has 19 heavy (non-hydrogen) atoms. The van der Waals surface area contributed by atoms with Gasteiger partial charge in [-0.15, -0.1) is 0 Å². The molecule has 1 heterocycles. The molecule has 4 nitrogen and oxygen atoms in total. The van der Waals surface area contributed by atoms with Gasteiger partial charge in [-0.3, -0.25) is 4.79 Å². The zero-order valence-corrected chi connectivity index (χ0v) is 12.4. The van der Waals surface area contributed by atoms with E-state index in [9.17, 15) is 4.79 Å². The van der Waals surface area contributed by atoms with Crippen LogP contribution in [0.2, 0.25) is 0 Å². The third-order valence-electron chi connectivity index (χ3n) is 4.17. The van der Waals surface area contributed by atoms with E-state index in [2.05, 4.69) is 17.3 Å². The van der Waals surface area contributed by atoms with E-state index in [1.54, 1.807) is 0 Å².